The van der Waals surface area contributed by atoms with Gasteiger partial charge in [0, 0.05) is 11.3 Å². The predicted octanol–water partition coefficient (Wildman–Crippen LogP) is 0.764. The Bertz CT molecular complexity index is 792. The lowest BCUT2D eigenvalue weighted by Gasteiger charge is -2.06. The van der Waals surface area contributed by atoms with E-state index in [1.165, 1.54) is 12.1 Å². The smallest absolute Gasteiger partial charge is 0.307 e. The molecule has 2 aromatic rings. The summed E-state index contributed by atoms with van der Waals surface area (Å²) in [6, 6.07) is 5.92. The van der Waals surface area contributed by atoms with E-state index in [0.29, 0.717) is 22.6 Å². The molecule has 0 unspecified atom stereocenters. The average molecular weight is 309 g/mol. The first-order chi connectivity index (χ1) is 9.70. The summed E-state index contributed by atoms with van der Waals surface area (Å²) >= 11 is 0. The first-order valence-corrected chi connectivity index (χ1v) is 7.65. The van der Waals surface area contributed by atoms with Gasteiger partial charge in [-0.15, -0.1) is 0 Å². The van der Waals surface area contributed by atoms with E-state index < -0.39 is 16.0 Å². The number of aliphatic carboxylic acids is 1. The summed E-state index contributed by atoms with van der Waals surface area (Å²) in [5, 5.41) is 18.2. The molecular formula is C13H15N3O4S. The van der Waals surface area contributed by atoms with E-state index in [4.69, 9.17) is 10.2 Å². The second-order valence-corrected chi connectivity index (χ2v) is 6.23. The minimum absolute atomic E-state index is 0.0125. The topological polar surface area (TPSA) is 115 Å². The number of carboxylic acids is 1. The fourth-order valence-corrected chi connectivity index (χ4v) is 2.63. The molecule has 112 valence electrons. The van der Waals surface area contributed by atoms with Crippen molar-refractivity contribution in [3.8, 4) is 5.69 Å². The summed E-state index contributed by atoms with van der Waals surface area (Å²) in [7, 11) is -3.74. The van der Waals surface area contributed by atoms with Crippen LogP contribution in [-0.2, 0) is 21.2 Å². The highest BCUT2D eigenvalue weighted by Crippen LogP contribution is 2.19. The Hall–Kier alpha value is -2.19. The monoisotopic (exact) mass is 309 g/mol. The summed E-state index contributed by atoms with van der Waals surface area (Å²) in [4.78, 5) is 10.9. The number of hydrogen-bond acceptors (Lipinski definition) is 4. The van der Waals surface area contributed by atoms with Crippen LogP contribution in [0.5, 0.6) is 0 Å². The van der Waals surface area contributed by atoms with Gasteiger partial charge in [-0.2, -0.15) is 5.10 Å². The highest BCUT2D eigenvalue weighted by Gasteiger charge is 2.16. The van der Waals surface area contributed by atoms with Crippen molar-refractivity contribution >= 4 is 16.0 Å². The molecule has 0 aliphatic carbocycles. The first kappa shape index (κ1) is 15.2. The fourth-order valence-electron chi connectivity index (χ4n) is 2.11. The number of rotatable bonds is 4. The van der Waals surface area contributed by atoms with Crippen molar-refractivity contribution in [1.29, 1.82) is 0 Å². The summed E-state index contributed by atoms with van der Waals surface area (Å²) in [5.74, 6) is -0.926. The number of primary sulfonamides is 1. The number of hydrogen-bond donors (Lipinski definition) is 2. The van der Waals surface area contributed by atoms with E-state index in [9.17, 15) is 13.2 Å². The number of nitrogens with two attached hydrogens (primary N) is 1. The van der Waals surface area contributed by atoms with Gasteiger partial charge >= 0.3 is 5.97 Å². The Morgan fingerprint density at radius 2 is 1.86 bits per heavy atom. The van der Waals surface area contributed by atoms with Gasteiger partial charge in [-0.1, -0.05) is 0 Å². The van der Waals surface area contributed by atoms with Gasteiger partial charge in [0.1, 0.15) is 0 Å². The third kappa shape index (κ3) is 3.11. The SMILES string of the molecule is Cc1nn(-c2ccc(S(N)(=O)=O)cc2)c(C)c1CC(=O)O. The molecule has 0 saturated heterocycles. The number of aromatic nitrogens is 2. The standard InChI is InChI=1S/C13H15N3O4S/c1-8-12(7-13(17)18)9(2)16(15-8)10-3-5-11(6-4-10)21(14,19)20/h3-6H,7H2,1-2H3,(H,17,18)(H2,14,19,20). The maximum Gasteiger partial charge on any atom is 0.307 e. The molecular weight excluding hydrogens is 294 g/mol. The van der Waals surface area contributed by atoms with Crippen LogP contribution in [-0.4, -0.2) is 29.3 Å². The molecule has 0 fully saturated rings. The lowest BCUT2D eigenvalue weighted by Crippen LogP contribution is -2.12. The Morgan fingerprint density at radius 3 is 2.33 bits per heavy atom. The van der Waals surface area contributed by atoms with Crippen LogP contribution in [0.2, 0.25) is 0 Å². The lowest BCUT2D eigenvalue weighted by atomic mass is 10.1. The van der Waals surface area contributed by atoms with Crippen LogP contribution < -0.4 is 5.14 Å². The molecule has 3 N–H and O–H groups in total. The molecule has 2 rings (SSSR count). The van der Waals surface area contributed by atoms with Crippen molar-refractivity contribution in [3.63, 3.8) is 0 Å². The molecule has 0 bridgehead atoms. The van der Waals surface area contributed by atoms with E-state index in [0.717, 1.165) is 0 Å². The number of carboxylic acid groups (broad SMARTS) is 1. The second kappa shape index (κ2) is 5.30. The fraction of sp³-hybridized carbons (Fsp3) is 0.231. The van der Waals surface area contributed by atoms with E-state index in [2.05, 4.69) is 5.10 Å². The van der Waals surface area contributed by atoms with Crippen LogP contribution in [0.1, 0.15) is 17.0 Å². The minimum atomic E-state index is -3.74. The average Bonchev–Trinajstić information content (AvgIpc) is 2.65. The number of carbonyl (C=O) groups is 1. The van der Waals surface area contributed by atoms with Gasteiger partial charge in [0.25, 0.3) is 0 Å². The molecule has 0 radical (unpaired) electrons. The molecule has 0 spiro atoms. The first-order valence-electron chi connectivity index (χ1n) is 6.10. The van der Waals surface area contributed by atoms with E-state index in [-0.39, 0.29) is 11.3 Å². The van der Waals surface area contributed by atoms with Crippen LogP contribution in [0.25, 0.3) is 5.69 Å². The maximum absolute atomic E-state index is 11.2. The van der Waals surface area contributed by atoms with Gasteiger partial charge < -0.3 is 5.11 Å². The third-order valence-electron chi connectivity index (χ3n) is 3.18. The van der Waals surface area contributed by atoms with Crippen molar-refractivity contribution in [1.82, 2.24) is 9.78 Å². The molecule has 21 heavy (non-hydrogen) atoms. The summed E-state index contributed by atoms with van der Waals surface area (Å²) in [6.45, 7) is 3.51. The zero-order chi connectivity index (χ0) is 15.8. The number of nitrogens with zero attached hydrogens (tertiary/aromatic N) is 2. The predicted molar refractivity (Wildman–Crippen MR) is 75.8 cm³/mol. The van der Waals surface area contributed by atoms with Crippen molar-refractivity contribution in [3.05, 3.63) is 41.2 Å². The lowest BCUT2D eigenvalue weighted by molar-refractivity contribution is -0.136. The van der Waals surface area contributed by atoms with E-state index in [1.54, 1.807) is 30.7 Å². The molecule has 8 heteroatoms. The zero-order valence-electron chi connectivity index (χ0n) is 11.6. The third-order valence-corrected chi connectivity index (χ3v) is 4.11. The largest absolute Gasteiger partial charge is 0.481 e. The summed E-state index contributed by atoms with van der Waals surface area (Å²) in [6.07, 6.45) is -0.104. The molecule has 0 atom stereocenters. The molecule has 1 aromatic heterocycles. The molecule has 0 amide bonds. The highest BCUT2D eigenvalue weighted by molar-refractivity contribution is 7.89. The van der Waals surface area contributed by atoms with Crippen LogP contribution in [0, 0.1) is 13.8 Å². The van der Waals surface area contributed by atoms with Crippen LogP contribution in [0.3, 0.4) is 0 Å². The van der Waals surface area contributed by atoms with E-state index in [1.807, 2.05) is 0 Å². The van der Waals surface area contributed by atoms with Crippen LogP contribution in [0.15, 0.2) is 29.2 Å². The summed E-state index contributed by atoms with van der Waals surface area (Å²) in [5.41, 5.74) is 2.63. The second-order valence-electron chi connectivity index (χ2n) is 4.67. The minimum Gasteiger partial charge on any atom is -0.481 e. The quantitative estimate of drug-likeness (QED) is 0.865. The number of sulfonamides is 1. The highest BCUT2D eigenvalue weighted by atomic mass is 32.2. The molecule has 0 aliphatic heterocycles. The summed E-state index contributed by atoms with van der Waals surface area (Å²) < 4.78 is 24.0. The van der Waals surface area contributed by atoms with Crippen LogP contribution >= 0.6 is 0 Å². The Kier molecular flexibility index (Phi) is 3.84. The van der Waals surface area contributed by atoms with Crippen molar-refractivity contribution in [2.24, 2.45) is 5.14 Å². The Morgan fingerprint density at radius 1 is 1.29 bits per heavy atom. The Labute approximate surface area is 122 Å². The number of benzene rings is 1. The normalized spacial score (nSPS) is 11.6. The van der Waals surface area contributed by atoms with Crippen molar-refractivity contribution in [2.45, 2.75) is 25.2 Å². The van der Waals surface area contributed by atoms with Gasteiger partial charge in [-0.05, 0) is 38.1 Å². The Balaban J connectivity index is 2.46. The zero-order valence-corrected chi connectivity index (χ0v) is 12.4. The maximum atomic E-state index is 11.2. The van der Waals surface area contributed by atoms with Gasteiger partial charge in [0.05, 0.1) is 22.7 Å². The van der Waals surface area contributed by atoms with Crippen molar-refractivity contribution < 1.29 is 18.3 Å². The van der Waals surface area contributed by atoms with Crippen LogP contribution in [0.4, 0.5) is 0 Å². The molecule has 1 aromatic carbocycles. The van der Waals surface area contributed by atoms with Gasteiger partial charge in [0.15, 0.2) is 0 Å². The molecule has 0 aliphatic rings. The van der Waals surface area contributed by atoms with Gasteiger partial charge in [-0.3, -0.25) is 4.79 Å². The number of aryl methyl sites for hydroxylation is 1. The van der Waals surface area contributed by atoms with E-state index >= 15 is 0 Å². The molecule has 0 saturated carbocycles. The van der Waals surface area contributed by atoms with Gasteiger partial charge in [0.2, 0.25) is 10.0 Å². The molecule has 7 nitrogen and oxygen atoms in total. The van der Waals surface area contributed by atoms with Gasteiger partial charge in [-0.25, -0.2) is 18.2 Å². The van der Waals surface area contributed by atoms with Crippen molar-refractivity contribution in [2.75, 3.05) is 0 Å². The molecule has 1 heterocycles.